The lowest BCUT2D eigenvalue weighted by molar-refractivity contribution is -0.929. The fourth-order valence-corrected chi connectivity index (χ4v) is 3.17. The predicted molar refractivity (Wildman–Crippen MR) is 90.0 cm³/mol. The molecule has 0 aromatic carbocycles. The van der Waals surface area contributed by atoms with Gasteiger partial charge in [0, 0.05) is 13.0 Å². The number of rotatable bonds is 15. The van der Waals surface area contributed by atoms with Crippen LogP contribution in [-0.2, 0) is 0 Å². The topological polar surface area (TPSA) is 20.2 Å². The molecule has 21 heavy (non-hydrogen) atoms. The second kappa shape index (κ2) is 16.6. The molecule has 0 heterocycles. The first-order chi connectivity index (χ1) is 9.74. The van der Waals surface area contributed by atoms with Gasteiger partial charge >= 0.3 is 0 Å². The number of aliphatic hydroxyl groups is 1. The van der Waals surface area contributed by atoms with Gasteiger partial charge in [0.1, 0.15) is 0 Å². The van der Waals surface area contributed by atoms with Crippen LogP contribution >= 0.6 is 0 Å². The Morgan fingerprint density at radius 1 is 0.571 bits per heavy atom. The van der Waals surface area contributed by atoms with E-state index in [4.69, 9.17) is 0 Å². The molecular formula is C18H40ClNO. The Kier molecular flexibility index (Phi) is 18.5. The molecule has 1 N–H and O–H groups in total. The molecule has 0 atom stereocenters. The molecule has 0 aliphatic heterocycles. The molecule has 0 aliphatic carbocycles. The SMILES string of the molecule is CCCCC[N+](CCCO)(CCCCC)CCCCC.[Cl-]. The van der Waals surface area contributed by atoms with E-state index in [1.54, 1.807) is 0 Å². The van der Waals surface area contributed by atoms with Crippen molar-refractivity contribution in [3.8, 4) is 0 Å². The molecule has 0 rings (SSSR count). The molecule has 0 unspecified atom stereocenters. The smallest absolute Gasteiger partial charge is 0.0808 e. The van der Waals surface area contributed by atoms with Gasteiger partial charge in [-0.05, 0) is 38.5 Å². The molecule has 0 bridgehead atoms. The van der Waals surface area contributed by atoms with Crippen molar-refractivity contribution in [2.45, 2.75) is 85.0 Å². The zero-order chi connectivity index (χ0) is 15.1. The molecule has 0 spiro atoms. The molecule has 2 nitrogen and oxygen atoms in total. The van der Waals surface area contributed by atoms with E-state index in [1.807, 2.05) is 0 Å². The molecule has 3 heteroatoms. The van der Waals surface area contributed by atoms with Crippen molar-refractivity contribution >= 4 is 0 Å². The molecule has 130 valence electrons. The monoisotopic (exact) mass is 321 g/mol. The summed E-state index contributed by atoms with van der Waals surface area (Å²) in [5.74, 6) is 0. The van der Waals surface area contributed by atoms with Crippen LogP contribution in [0.2, 0.25) is 0 Å². The maximum Gasteiger partial charge on any atom is 0.0808 e. The van der Waals surface area contributed by atoms with Crippen LogP contribution in [0.1, 0.15) is 85.0 Å². The maximum absolute atomic E-state index is 9.23. The fourth-order valence-electron chi connectivity index (χ4n) is 3.17. The number of quaternary nitrogens is 1. The van der Waals surface area contributed by atoms with E-state index in [1.165, 1.54) is 88.4 Å². The summed E-state index contributed by atoms with van der Waals surface area (Å²) in [5, 5.41) is 9.23. The van der Waals surface area contributed by atoms with Gasteiger partial charge in [0.05, 0.1) is 26.2 Å². The van der Waals surface area contributed by atoms with Crippen molar-refractivity contribution in [2.24, 2.45) is 0 Å². The lowest BCUT2D eigenvalue weighted by atomic mass is 10.1. The molecule has 0 aromatic heterocycles. The van der Waals surface area contributed by atoms with Crippen molar-refractivity contribution in [2.75, 3.05) is 32.8 Å². The minimum atomic E-state index is 0. The molecule has 0 aromatic rings. The molecule has 0 aliphatic rings. The third-order valence-corrected chi connectivity index (χ3v) is 4.50. The second-order valence-corrected chi connectivity index (χ2v) is 6.43. The third kappa shape index (κ3) is 12.4. The van der Waals surface area contributed by atoms with Crippen LogP contribution in [0.4, 0.5) is 0 Å². The average molecular weight is 322 g/mol. The molecular weight excluding hydrogens is 282 g/mol. The highest BCUT2D eigenvalue weighted by Crippen LogP contribution is 2.17. The number of hydrogen-bond donors (Lipinski definition) is 1. The first-order valence-electron chi connectivity index (χ1n) is 9.20. The van der Waals surface area contributed by atoms with Crippen molar-refractivity contribution < 1.29 is 22.0 Å². The van der Waals surface area contributed by atoms with E-state index >= 15 is 0 Å². The van der Waals surface area contributed by atoms with Crippen LogP contribution in [0.3, 0.4) is 0 Å². The summed E-state index contributed by atoms with van der Waals surface area (Å²) in [5.41, 5.74) is 0. The van der Waals surface area contributed by atoms with Crippen LogP contribution in [0.5, 0.6) is 0 Å². The van der Waals surface area contributed by atoms with Gasteiger partial charge in [-0.2, -0.15) is 0 Å². The summed E-state index contributed by atoms with van der Waals surface area (Å²) in [6, 6.07) is 0. The standard InChI is InChI=1S/C18H40NO.ClH/c1-4-7-10-14-19(17-13-18-20,15-11-8-5-2)16-12-9-6-3;/h20H,4-18H2,1-3H3;1H/q+1;/p-1. The van der Waals surface area contributed by atoms with Crippen LogP contribution in [-0.4, -0.2) is 42.4 Å². The Morgan fingerprint density at radius 2 is 0.905 bits per heavy atom. The normalized spacial score (nSPS) is 11.4. The Labute approximate surface area is 140 Å². The highest BCUT2D eigenvalue weighted by molar-refractivity contribution is 4.51. The first-order valence-corrected chi connectivity index (χ1v) is 9.20. The lowest BCUT2D eigenvalue weighted by Crippen LogP contribution is -3.00. The van der Waals surface area contributed by atoms with E-state index in [2.05, 4.69) is 20.8 Å². The van der Waals surface area contributed by atoms with E-state index in [0.29, 0.717) is 6.61 Å². The Hall–Kier alpha value is 0.210. The highest BCUT2D eigenvalue weighted by atomic mass is 35.5. The van der Waals surface area contributed by atoms with Crippen LogP contribution in [0.15, 0.2) is 0 Å². The first kappa shape index (κ1) is 23.5. The van der Waals surface area contributed by atoms with Gasteiger partial charge in [-0.25, -0.2) is 0 Å². The fraction of sp³-hybridized carbons (Fsp3) is 1.00. The van der Waals surface area contributed by atoms with Crippen LogP contribution in [0, 0.1) is 0 Å². The molecule has 0 fully saturated rings. The van der Waals surface area contributed by atoms with Crippen LogP contribution < -0.4 is 12.4 Å². The maximum atomic E-state index is 9.23. The largest absolute Gasteiger partial charge is 1.00 e. The molecule has 0 saturated heterocycles. The summed E-state index contributed by atoms with van der Waals surface area (Å²) in [7, 11) is 0. The number of nitrogens with zero attached hydrogens (tertiary/aromatic N) is 1. The minimum absolute atomic E-state index is 0. The van der Waals surface area contributed by atoms with Crippen molar-refractivity contribution in [3.05, 3.63) is 0 Å². The zero-order valence-corrected chi connectivity index (χ0v) is 15.6. The van der Waals surface area contributed by atoms with Crippen molar-refractivity contribution in [1.29, 1.82) is 0 Å². The van der Waals surface area contributed by atoms with Gasteiger partial charge in [-0.1, -0.05) is 40.0 Å². The van der Waals surface area contributed by atoms with E-state index in [-0.39, 0.29) is 12.4 Å². The zero-order valence-electron chi connectivity index (χ0n) is 14.9. The number of aliphatic hydroxyl groups excluding tert-OH is 1. The molecule has 0 radical (unpaired) electrons. The van der Waals surface area contributed by atoms with Gasteiger partial charge in [0.25, 0.3) is 0 Å². The summed E-state index contributed by atoms with van der Waals surface area (Å²) in [6.45, 7) is 12.4. The van der Waals surface area contributed by atoms with Gasteiger partial charge in [0.2, 0.25) is 0 Å². The van der Waals surface area contributed by atoms with E-state index in [0.717, 1.165) is 6.42 Å². The summed E-state index contributed by atoms with van der Waals surface area (Å²) in [4.78, 5) is 0. The summed E-state index contributed by atoms with van der Waals surface area (Å²) >= 11 is 0. The predicted octanol–water partition coefficient (Wildman–Crippen LogP) is 1.76. The average Bonchev–Trinajstić information content (AvgIpc) is 2.46. The highest BCUT2D eigenvalue weighted by Gasteiger charge is 2.25. The van der Waals surface area contributed by atoms with Gasteiger partial charge < -0.3 is 22.0 Å². The number of unbranched alkanes of at least 4 members (excludes halogenated alkanes) is 6. The summed E-state index contributed by atoms with van der Waals surface area (Å²) < 4.78 is 1.28. The van der Waals surface area contributed by atoms with Gasteiger partial charge in [-0.3, -0.25) is 0 Å². The quantitative estimate of drug-likeness (QED) is 0.360. The van der Waals surface area contributed by atoms with Crippen molar-refractivity contribution in [3.63, 3.8) is 0 Å². The van der Waals surface area contributed by atoms with Gasteiger partial charge in [-0.15, -0.1) is 0 Å². The number of hydrogen-bond acceptors (Lipinski definition) is 1. The lowest BCUT2D eigenvalue weighted by Gasteiger charge is -2.39. The Bertz CT molecular complexity index is 173. The number of halogens is 1. The summed E-state index contributed by atoms with van der Waals surface area (Å²) in [6.07, 6.45) is 13.1. The van der Waals surface area contributed by atoms with Crippen molar-refractivity contribution in [1.82, 2.24) is 0 Å². The third-order valence-electron chi connectivity index (χ3n) is 4.50. The van der Waals surface area contributed by atoms with E-state index < -0.39 is 0 Å². The van der Waals surface area contributed by atoms with Gasteiger partial charge in [0.15, 0.2) is 0 Å². The van der Waals surface area contributed by atoms with Crippen LogP contribution in [0.25, 0.3) is 0 Å². The minimum Gasteiger partial charge on any atom is -1.00 e. The second-order valence-electron chi connectivity index (χ2n) is 6.43. The van der Waals surface area contributed by atoms with E-state index in [9.17, 15) is 5.11 Å². The Morgan fingerprint density at radius 3 is 1.19 bits per heavy atom. The Balaban J connectivity index is 0. The molecule has 0 amide bonds. The molecule has 0 saturated carbocycles.